The van der Waals surface area contributed by atoms with Gasteiger partial charge in [0.05, 0.1) is 33.7 Å². The fourth-order valence-electron chi connectivity index (χ4n) is 8.25. The molecule has 27 nitrogen and oxygen atoms in total. The molecule has 354 valence electrons. The Balaban J connectivity index is 1.30. The topological polar surface area (TPSA) is 450 Å². The molecule has 4 heterocycles. The van der Waals surface area contributed by atoms with Crippen LogP contribution in [0.1, 0.15) is 52.9 Å². The second kappa shape index (κ2) is 14.8. The second-order valence-electron chi connectivity index (χ2n) is 15.5. The van der Waals surface area contributed by atoms with Crippen LogP contribution in [-0.4, -0.2) is 156 Å². The lowest BCUT2D eigenvalue weighted by molar-refractivity contribution is -0.339. The maximum Gasteiger partial charge on any atom is 0.340 e. The third-order valence-electron chi connectivity index (χ3n) is 11.5. The van der Waals surface area contributed by atoms with Gasteiger partial charge < -0.3 is 105 Å². The van der Waals surface area contributed by atoms with Gasteiger partial charge in [-0.25, -0.2) is 24.0 Å². The molecule has 0 aromatic heterocycles. The first-order chi connectivity index (χ1) is 31.9. The van der Waals surface area contributed by atoms with E-state index >= 15 is 0 Å². The first-order valence-electron chi connectivity index (χ1n) is 19.1. The zero-order valence-corrected chi connectivity index (χ0v) is 33.2. The van der Waals surface area contributed by atoms with E-state index in [9.17, 15) is 100 Å². The van der Waals surface area contributed by atoms with E-state index in [1.54, 1.807) is 0 Å². The number of aliphatic hydroxyl groups is 3. The quantitative estimate of drug-likeness (QED) is 0.0491. The molecular weight excluding hydrogens is 924 g/mol. The van der Waals surface area contributed by atoms with Crippen molar-refractivity contribution in [1.29, 1.82) is 0 Å². The van der Waals surface area contributed by atoms with Crippen molar-refractivity contribution < 1.29 is 133 Å². The van der Waals surface area contributed by atoms with Crippen molar-refractivity contribution in [2.45, 2.75) is 48.2 Å². The highest BCUT2D eigenvalue weighted by atomic mass is 16.8. The van der Waals surface area contributed by atoms with Crippen molar-refractivity contribution in [3.8, 4) is 80.1 Å². The van der Waals surface area contributed by atoms with Gasteiger partial charge in [0.25, 0.3) is 5.79 Å². The molecule has 1 saturated heterocycles. The monoisotopic (exact) mass is 952 g/mol. The molecule has 1 fully saturated rings. The number of carbonyl (C=O) groups is 6. The van der Waals surface area contributed by atoms with Crippen molar-refractivity contribution in [2.24, 2.45) is 0 Å². The van der Waals surface area contributed by atoms with Gasteiger partial charge in [0, 0.05) is 16.7 Å². The largest absolute Gasteiger partial charge is 0.504 e. The standard InChI is InChI=1S/C41H28O27/c42-13-1-8(2-14(43)24(13)48)34(54)67-39-33-32-30(64-38(58)12-6-19(47)41(61)40(59,60)23(12)22-11(37(57)66-33)5-17(46)27(51)31(22)68-41)18(63-39)7-62-35(55)9-3-15(44)25(49)28(52)20(9)21-10(36(56)65-32)4-16(45)26(50)29(21)53/h1-6,18,23,30,32-33,39,42-46,48-53,59-61H,7H2/t18?,23-,30+,32+,33?,39-,41-/m0/s1. The first-order valence-corrected chi connectivity index (χ1v) is 19.1. The average Bonchev–Trinajstić information content (AvgIpc) is 3.28. The molecule has 9 rings (SSSR count). The maximum absolute atomic E-state index is 14.6. The maximum atomic E-state index is 14.6. The predicted molar refractivity (Wildman–Crippen MR) is 204 cm³/mol. The molecular formula is C41H28O27. The third-order valence-corrected chi connectivity index (χ3v) is 11.5. The van der Waals surface area contributed by atoms with Gasteiger partial charge in [-0.2, -0.15) is 0 Å². The van der Waals surface area contributed by atoms with Crippen molar-refractivity contribution in [1.82, 2.24) is 0 Å². The molecule has 14 N–H and O–H groups in total. The number of ether oxygens (including phenoxy) is 7. The van der Waals surface area contributed by atoms with E-state index in [4.69, 9.17) is 33.2 Å². The molecule has 68 heavy (non-hydrogen) atoms. The van der Waals surface area contributed by atoms with Gasteiger partial charge in [-0.1, -0.05) is 0 Å². The van der Waals surface area contributed by atoms with E-state index in [1.165, 1.54) is 0 Å². The Bertz CT molecular complexity index is 3020. The molecule has 27 heteroatoms. The van der Waals surface area contributed by atoms with Crippen LogP contribution in [0, 0.1) is 0 Å². The number of phenols is 11. The summed E-state index contributed by atoms with van der Waals surface area (Å²) in [5, 5.41) is 150. The van der Waals surface area contributed by atoms with E-state index < -0.39 is 204 Å². The first kappa shape index (κ1) is 44.3. The van der Waals surface area contributed by atoms with Crippen LogP contribution in [0.3, 0.4) is 0 Å². The molecule has 7 atom stereocenters. The molecule has 4 aromatic rings. The molecule has 4 aliphatic heterocycles. The van der Waals surface area contributed by atoms with Gasteiger partial charge in [-0.15, -0.1) is 0 Å². The molecule has 4 aromatic carbocycles. The minimum Gasteiger partial charge on any atom is -0.504 e. The summed E-state index contributed by atoms with van der Waals surface area (Å²) in [6.07, 6.45) is -12.1. The summed E-state index contributed by atoms with van der Waals surface area (Å²) >= 11 is 0. The van der Waals surface area contributed by atoms with E-state index in [1.807, 2.05) is 0 Å². The molecule has 0 saturated carbocycles. The average molecular weight is 953 g/mol. The number of benzene rings is 4. The Kier molecular flexibility index (Phi) is 9.64. The summed E-state index contributed by atoms with van der Waals surface area (Å²) in [6, 6.07) is 2.32. The summed E-state index contributed by atoms with van der Waals surface area (Å²) in [5.41, 5.74) is -8.48. The highest BCUT2D eigenvalue weighted by Gasteiger charge is 2.70. The lowest BCUT2D eigenvalue weighted by Gasteiger charge is -2.49. The Hall–Kier alpha value is -8.92. The van der Waals surface area contributed by atoms with Crippen LogP contribution < -0.4 is 4.74 Å². The minimum absolute atomic E-state index is 0.264. The van der Waals surface area contributed by atoms with E-state index in [0.29, 0.717) is 30.3 Å². The zero-order valence-electron chi connectivity index (χ0n) is 33.2. The fourth-order valence-corrected chi connectivity index (χ4v) is 8.25. The van der Waals surface area contributed by atoms with Crippen molar-refractivity contribution in [3.05, 3.63) is 69.8 Å². The van der Waals surface area contributed by atoms with Crippen LogP contribution >= 0.6 is 0 Å². The van der Waals surface area contributed by atoms with Crippen molar-refractivity contribution in [2.75, 3.05) is 6.61 Å². The normalized spacial score (nSPS) is 25.7. The smallest absolute Gasteiger partial charge is 0.340 e. The number of esters is 5. The molecule has 2 unspecified atom stereocenters. The minimum atomic E-state index is -3.98. The van der Waals surface area contributed by atoms with Gasteiger partial charge in [0.2, 0.25) is 35.4 Å². The molecule has 0 spiro atoms. The van der Waals surface area contributed by atoms with Gasteiger partial charge in [0.15, 0.2) is 64.0 Å². The highest BCUT2D eigenvalue weighted by Crippen LogP contribution is 2.59. The van der Waals surface area contributed by atoms with E-state index in [0.717, 1.165) is 0 Å². The molecule has 1 aliphatic carbocycles. The number of rotatable bonds is 2. The Morgan fingerprint density at radius 3 is 1.68 bits per heavy atom. The van der Waals surface area contributed by atoms with Crippen molar-refractivity contribution in [3.63, 3.8) is 0 Å². The Morgan fingerprint density at radius 1 is 0.574 bits per heavy atom. The predicted octanol–water partition coefficient (Wildman–Crippen LogP) is -1.10. The van der Waals surface area contributed by atoms with Crippen molar-refractivity contribution >= 4 is 35.6 Å². The zero-order chi connectivity index (χ0) is 49.4. The number of phenolic OH excluding ortho intramolecular Hbond substituents is 11. The summed E-state index contributed by atoms with van der Waals surface area (Å²) < 4.78 is 38.9. The number of hydrogen-bond acceptors (Lipinski definition) is 27. The van der Waals surface area contributed by atoms with Crippen LogP contribution in [0.25, 0.3) is 11.1 Å². The molecule has 0 radical (unpaired) electrons. The van der Waals surface area contributed by atoms with Crippen LogP contribution in [0.4, 0.5) is 0 Å². The van der Waals surface area contributed by atoms with Gasteiger partial charge >= 0.3 is 35.6 Å². The highest BCUT2D eigenvalue weighted by molar-refractivity contribution is 6.10. The van der Waals surface area contributed by atoms with Gasteiger partial charge in [0.1, 0.15) is 12.7 Å². The number of ketones is 1. The fraction of sp³-hybridized carbons (Fsp3) is 0.220. The summed E-state index contributed by atoms with van der Waals surface area (Å²) in [4.78, 5) is 84.8. The summed E-state index contributed by atoms with van der Waals surface area (Å²) in [5.74, 6) is -36.5. The Morgan fingerprint density at radius 2 is 1.07 bits per heavy atom. The number of fused-ring (bicyclic) bond motifs is 4. The lowest BCUT2D eigenvalue weighted by atomic mass is 9.70. The van der Waals surface area contributed by atoms with Gasteiger partial charge in [-0.3, -0.25) is 4.79 Å². The summed E-state index contributed by atoms with van der Waals surface area (Å²) in [6.45, 7) is -1.31. The second-order valence-corrected chi connectivity index (χ2v) is 15.5. The molecule has 5 aliphatic rings. The number of cyclic esters (lactones) is 1. The van der Waals surface area contributed by atoms with E-state index in [2.05, 4.69) is 0 Å². The SMILES string of the molecule is O=C1O[C@@H]2C3COC(=O)c4cc(O)c(O)c(O)c4-c4c(cc(O)c(O)c4O)C(=O)O[C@H]2C(OC(=O)c2cc(O)c(O)c4c2[C@@H]2C1=CC(=O)[C@](O)(O4)C2(O)O)[C@H](OC(=O)c1cc(O)c(O)c(O)c1)O3. The van der Waals surface area contributed by atoms with Crippen LogP contribution in [0.2, 0.25) is 0 Å². The molecule has 0 amide bonds. The lowest BCUT2D eigenvalue weighted by Crippen LogP contribution is -2.70. The van der Waals surface area contributed by atoms with Crippen LogP contribution in [0.15, 0.2) is 42.0 Å². The number of carbonyl (C=O) groups excluding carboxylic acids is 6. The number of aromatic hydroxyl groups is 11. The van der Waals surface area contributed by atoms with Gasteiger partial charge in [-0.05, 0) is 36.4 Å². The molecule has 6 bridgehead atoms. The number of hydrogen-bond donors (Lipinski definition) is 14. The third kappa shape index (κ3) is 6.21. The Labute approximate surface area is 373 Å². The summed E-state index contributed by atoms with van der Waals surface area (Å²) in [7, 11) is 0. The van der Waals surface area contributed by atoms with Crippen LogP contribution in [-0.2, 0) is 38.0 Å². The van der Waals surface area contributed by atoms with Crippen LogP contribution in [0.5, 0.6) is 69.0 Å². The van der Waals surface area contributed by atoms with E-state index in [-0.39, 0.29) is 6.08 Å².